The van der Waals surface area contributed by atoms with Crippen LogP contribution < -0.4 is 10.6 Å². The van der Waals surface area contributed by atoms with Crippen LogP contribution in [0.2, 0.25) is 0 Å². The van der Waals surface area contributed by atoms with Crippen LogP contribution in [-0.2, 0) is 16.1 Å². The number of rotatable bonds is 8. The summed E-state index contributed by atoms with van der Waals surface area (Å²) in [7, 11) is 0. The fourth-order valence-corrected chi connectivity index (χ4v) is 4.46. The first-order chi connectivity index (χ1) is 16.5. The van der Waals surface area contributed by atoms with Gasteiger partial charge in [-0.15, -0.1) is 0 Å². The number of fused-ring (bicyclic) bond motifs is 3. The van der Waals surface area contributed by atoms with Crippen LogP contribution in [0.15, 0.2) is 59.1 Å². The molecule has 0 aliphatic heterocycles. The highest BCUT2D eigenvalue weighted by atomic mass is 16.5. The van der Waals surface area contributed by atoms with Crippen molar-refractivity contribution in [1.82, 2.24) is 15.8 Å². The normalized spacial score (nSPS) is 18.0. The molecule has 5 rings (SSSR count). The number of alkyl carbamates (subject to hydrolysis) is 1. The van der Waals surface area contributed by atoms with Gasteiger partial charge in [-0.2, -0.15) is 0 Å². The molecule has 0 unspecified atom stereocenters. The van der Waals surface area contributed by atoms with Gasteiger partial charge in [0.25, 0.3) is 0 Å². The van der Waals surface area contributed by atoms with E-state index >= 15 is 0 Å². The smallest absolute Gasteiger partial charge is 0.407 e. The number of hydrogen-bond donors (Lipinski definition) is 3. The third-order valence-corrected chi connectivity index (χ3v) is 6.33. The number of carbonyl (C=O) groups excluding carboxylic acids is 2. The second-order valence-electron chi connectivity index (χ2n) is 8.51. The molecule has 2 aliphatic carbocycles. The Labute approximate surface area is 195 Å². The lowest BCUT2D eigenvalue weighted by atomic mass is 9.98. The average Bonchev–Trinajstić information content (AvgIpc) is 3.34. The van der Waals surface area contributed by atoms with E-state index in [2.05, 4.69) is 40.1 Å². The van der Waals surface area contributed by atoms with Crippen LogP contribution in [0.1, 0.15) is 39.7 Å². The summed E-state index contributed by atoms with van der Waals surface area (Å²) in [6.45, 7) is 0.645. The fourth-order valence-electron chi connectivity index (χ4n) is 4.46. The van der Waals surface area contributed by atoms with E-state index in [1.807, 2.05) is 24.3 Å². The molecule has 9 heteroatoms. The van der Waals surface area contributed by atoms with Crippen LogP contribution in [0.4, 0.5) is 4.79 Å². The molecule has 0 saturated heterocycles. The highest BCUT2D eigenvalue weighted by Crippen LogP contribution is 2.44. The SMILES string of the molecule is O=C(NC[C@@H]1C[C@@H]1C(=O)NCc1cc(C(=O)O)no1)OCC1c2ccccc2-c2ccccc21. The first-order valence-electron chi connectivity index (χ1n) is 11.1. The Balaban J connectivity index is 1.06. The minimum atomic E-state index is -1.19. The molecule has 2 atom stereocenters. The minimum absolute atomic E-state index is 0.00432. The number of nitrogens with zero attached hydrogens (tertiary/aromatic N) is 1. The second-order valence-corrected chi connectivity index (χ2v) is 8.51. The van der Waals surface area contributed by atoms with Crippen LogP contribution in [0, 0.1) is 11.8 Å². The predicted octanol–water partition coefficient (Wildman–Crippen LogP) is 3.16. The van der Waals surface area contributed by atoms with Gasteiger partial charge >= 0.3 is 12.1 Å². The summed E-state index contributed by atoms with van der Waals surface area (Å²) in [6, 6.07) is 17.6. The summed E-state index contributed by atoms with van der Waals surface area (Å²) >= 11 is 0. The lowest BCUT2D eigenvalue weighted by Gasteiger charge is -2.14. The molecule has 0 radical (unpaired) electrons. The zero-order chi connectivity index (χ0) is 23.7. The number of carboxylic acids is 1. The Hall–Kier alpha value is -4.14. The van der Waals surface area contributed by atoms with Crippen molar-refractivity contribution >= 4 is 18.0 Å². The summed E-state index contributed by atoms with van der Waals surface area (Å²) < 4.78 is 10.4. The van der Waals surface area contributed by atoms with Crippen molar-refractivity contribution in [3.63, 3.8) is 0 Å². The van der Waals surface area contributed by atoms with Crippen LogP contribution in [-0.4, -0.2) is 41.4 Å². The maximum Gasteiger partial charge on any atom is 0.407 e. The number of carboxylic acid groups (broad SMARTS) is 1. The van der Waals surface area contributed by atoms with E-state index in [4.69, 9.17) is 14.4 Å². The van der Waals surface area contributed by atoms with Crippen LogP contribution in [0.5, 0.6) is 0 Å². The second kappa shape index (κ2) is 9.01. The standard InChI is InChI=1S/C25H23N3O6/c29-23(26-12-15-10-22(24(30)31)28-34-15)20-9-14(20)11-27-25(32)33-13-21-18-7-3-1-5-16(18)17-6-2-4-8-19(17)21/h1-8,10,14,20-21H,9,11-13H2,(H,26,29)(H,27,32)(H,30,31)/t14-,20-/m0/s1. The number of aromatic carboxylic acids is 1. The molecule has 1 heterocycles. The molecule has 34 heavy (non-hydrogen) atoms. The molecule has 2 amide bonds. The Bertz CT molecular complexity index is 1210. The van der Waals surface area contributed by atoms with Gasteiger partial charge < -0.3 is 25.0 Å². The van der Waals surface area contributed by atoms with E-state index in [0.29, 0.717) is 13.0 Å². The Morgan fingerprint density at radius 3 is 2.35 bits per heavy atom. The van der Waals surface area contributed by atoms with Gasteiger partial charge in [-0.05, 0) is 34.6 Å². The topological polar surface area (TPSA) is 131 Å². The number of benzene rings is 2. The molecule has 0 bridgehead atoms. The minimum Gasteiger partial charge on any atom is -0.476 e. The average molecular weight is 461 g/mol. The highest BCUT2D eigenvalue weighted by molar-refractivity contribution is 5.85. The van der Waals surface area contributed by atoms with E-state index in [1.54, 1.807) is 0 Å². The molecule has 2 aliphatic rings. The van der Waals surface area contributed by atoms with E-state index in [1.165, 1.54) is 17.2 Å². The number of carbonyl (C=O) groups is 3. The van der Waals surface area contributed by atoms with Gasteiger partial charge in [0, 0.05) is 24.4 Å². The molecule has 3 N–H and O–H groups in total. The molecule has 174 valence electrons. The van der Waals surface area contributed by atoms with Crippen LogP contribution >= 0.6 is 0 Å². The molecule has 1 fully saturated rings. The Morgan fingerprint density at radius 2 is 1.71 bits per heavy atom. The van der Waals surface area contributed by atoms with Crippen molar-refractivity contribution in [2.45, 2.75) is 18.9 Å². The molecule has 3 aromatic rings. The zero-order valence-electron chi connectivity index (χ0n) is 18.2. The lowest BCUT2D eigenvalue weighted by Crippen LogP contribution is -2.30. The van der Waals surface area contributed by atoms with E-state index in [9.17, 15) is 14.4 Å². The zero-order valence-corrected chi connectivity index (χ0v) is 18.2. The first-order valence-corrected chi connectivity index (χ1v) is 11.1. The van der Waals surface area contributed by atoms with Crippen molar-refractivity contribution in [1.29, 1.82) is 0 Å². The summed E-state index contributed by atoms with van der Waals surface area (Å²) in [6.07, 6.45) is 0.155. The van der Waals surface area contributed by atoms with Gasteiger partial charge in [-0.1, -0.05) is 53.7 Å². The lowest BCUT2D eigenvalue weighted by molar-refractivity contribution is -0.122. The number of nitrogens with one attached hydrogen (secondary N) is 2. The van der Waals surface area contributed by atoms with Crippen LogP contribution in [0.25, 0.3) is 11.1 Å². The maximum atomic E-state index is 12.3. The number of hydrogen-bond acceptors (Lipinski definition) is 6. The summed E-state index contributed by atoms with van der Waals surface area (Å²) in [4.78, 5) is 35.4. The molecular formula is C25H23N3O6. The maximum absolute atomic E-state index is 12.3. The largest absolute Gasteiger partial charge is 0.476 e. The first kappa shape index (κ1) is 21.7. The number of aromatic nitrogens is 1. The molecule has 1 saturated carbocycles. The molecular weight excluding hydrogens is 438 g/mol. The third kappa shape index (κ3) is 4.36. The van der Waals surface area contributed by atoms with Crippen molar-refractivity contribution in [2.24, 2.45) is 11.8 Å². The third-order valence-electron chi connectivity index (χ3n) is 6.33. The van der Waals surface area contributed by atoms with Crippen molar-refractivity contribution in [3.05, 3.63) is 77.2 Å². The monoisotopic (exact) mass is 461 g/mol. The van der Waals surface area contributed by atoms with Crippen molar-refractivity contribution in [2.75, 3.05) is 13.2 Å². The predicted molar refractivity (Wildman–Crippen MR) is 120 cm³/mol. The molecule has 9 nitrogen and oxygen atoms in total. The number of ether oxygens (including phenoxy) is 1. The summed E-state index contributed by atoms with van der Waals surface area (Å²) in [5.74, 6) is -1.29. The Kier molecular flexibility index (Phi) is 5.75. The molecule has 0 spiro atoms. The summed E-state index contributed by atoms with van der Waals surface area (Å²) in [5, 5.41) is 17.7. The van der Waals surface area contributed by atoms with Gasteiger partial charge in [-0.3, -0.25) is 4.79 Å². The molecule has 1 aromatic heterocycles. The van der Waals surface area contributed by atoms with Crippen molar-refractivity contribution in [3.8, 4) is 11.1 Å². The van der Waals surface area contributed by atoms with Gasteiger partial charge in [0.2, 0.25) is 5.91 Å². The van der Waals surface area contributed by atoms with Crippen molar-refractivity contribution < 1.29 is 28.8 Å². The van der Waals surface area contributed by atoms with E-state index in [0.717, 1.165) is 11.1 Å². The molecule has 2 aromatic carbocycles. The van der Waals surface area contributed by atoms with Gasteiger partial charge in [-0.25, -0.2) is 9.59 Å². The quantitative estimate of drug-likeness (QED) is 0.470. The fraction of sp³-hybridized carbons (Fsp3) is 0.280. The van der Waals surface area contributed by atoms with Gasteiger partial charge in [0.15, 0.2) is 11.5 Å². The van der Waals surface area contributed by atoms with E-state index < -0.39 is 12.1 Å². The van der Waals surface area contributed by atoms with Gasteiger partial charge in [0.1, 0.15) is 6.61 Å². The van der Waals surface area contributed by atoms with Crippen LogP contribution in [0.3, 0.4) is 0 Å². The Morgan fingerprint density at radius 1 is 1.03 bits per heavy atom. The van der Waals surface area contributed by atoms with E-state index in [-0.39, 0.29) is 48.3 Å². The highest BCUT2D eigenvalue weighted by Gasteiger charge is 2.43. The van der Waals surface area contributed by atoms with Gasteiger partial charge in [0.05, 0.1) is 6.54 Å². The number of amides is 2. The summed E-state index contributed by atoms with van der Waals surface area (Å²) in [5.41, 5.74) is 4.43.